The molecule has 2 N–H and O–H groups in total. The van der Waals surface area contributed by atoms with E-state index in [0.29, 0.717) is 11.4 Å². The van der Waals surface area contributed by atoms with E-state index in [0.717, 1.165) is 12.1 Å². The molecule has 0 aliphatic heterocycles. The molecule has 0 atom stereocenters. The average molecular weight is 487 g/mol. The van der Waals surface area contributed by atoms with Gasteiger partial charge in [-0.25, -0.2) is 0 Å². The van der Waals surface area contributed by atoms with E-state index < -0.39 is 16.4 Å². The van der Waals surface area contributed by atoms with Gasteiger partial charge >= 0.3 is 5.69 Å². The van der Waals surface area contributed by atoms with Gasteiger partial charge in [-0.3, -0.25) is 10.1 Å². The monoisotopic (exact) mass is 487 g/mol. The van der Waals surface area contributed by atoms with Crippen LogP contribution in [0.15, 0.2) is 12.1 Å². The van der Waals surface area contributed by atoms with E-state index in [4.69, 9.17) is 0 Å². The van der Waals surface area contributed by atoms with Crippen LogP contribution in [-0.4, -0.2) is 4.92 Å². The van der Waals surface area contributed by atoms with Crippen LogP contribution in [0.3, 0.4) is 0 Å². The first-order chi connectivity index (χ1) is 7.60. The molecule has 1 aromatic carbocycles. The van der Waals surface area contributed by atoms with Gasteiger partial charge in [0.15, 0.2) is 0 Å². The van der Waals surface area contributed by atoms with Crippen molar-refractivity contribution in [2.24, 2.45) is 0 Å². The molecule has 0 aliphatic rings. The number of halogens is 3. The second-order valence-corrected chi connectivity index (χ2v) is 5.82. The quantitative estimate of drug-likeness (QED) is 0.275. The average Bonchev–Trinajstić information content (AvgIpc) is 2.22. The smallest absolute Gasteiger partial charge is 0.307 e. The summed E-state index contributed by atoms with van der Waals surface area (Å²) < 4.78 is 19.0. The van der Waals surface area contributed by atoms with E-state index in [9.17, 15) is 14.5 Å². The minimum atomic E-state index is -0.859. The van der Waals surface area contributed by atoms with Gasteiger partial charge in [0.1, 0.15) is 0 Å². The normalized spacial score (nSPS) is 9.94. The first kappa shape index (κ1) is 14.4. The SMILES string of the molecule is O=[N+]([O-])c1cc(NSI)c(NSI)cc1F. The van der Waals surface area contributed by atoms with Crippen LogP contribution in [0.25, 0.3) is 0 Å². The molecule has 0 heterocycles. The molecule has 5 nitrogen and oxygen atoms in total. The second-order valence-electron chi connectivity index (χ2n) is 2.46. The minimum absolute atomic E-state index is 0.465. The maximum absolute atomic E-state index is 13.3. The maximum Gasteiger partial charge on any atom is 0.307 e. The van der Waals surface area contributed by atoms with Crippen LogP contribution in [0.5, 0.6) is 0 Å². The van der Waals surface area contributed by atoms with Crippen LogP contribution < -0.4 is 9.44 Å². The summed E-state index contributed by atoms with van der Waals surface area (Å²) in [5.41, 5.74) is 0.389. The fourth-order valence-corrected chi connectivity index (χ4v) is 2.88. The van der Waals surface area contributed by atoms with Crippen LogP contribution in [0.4, 0.5) is 21.5 Å². The van der Waals surface area contributed by atoms with Crippen molar-refractivity contribution in [1.29, 1.82) is 0 Å². The lowest BCUT2D eigenvalue weighted by atomic mass is 10.2. The highest BCUT2D eigenvalue weighted by molar-refractivity contribution is 14.2. The maximum atomic E-state index is 13.3. The van der Waals surface area contributed by atoms with Gasteiger partial charge < -0.3 is 9.44 Å². The number of nitrogens with one attached hydrogen (secondary N) is 2. The van der Waals surface area contributed by atoms with E-state index in [-0.39, 0.29) is 0 Å². The zero-order valence-electron chi connectivity index (χ0n) is 7.37. The number of hydrogen-bond acceptors (Lipinski definition) is 6. The molecule has 0 aromatic heterocycles. The van der Waals surface area contributed by atoms with Crippen molar-refractivity contribution in [2.45, 2.75) is 0 Å². The molecule has 10 heteroatoms. The third kappa shape index (κ3) is 3.66. The predicted molar refractivity (Wildman–Crippen MR) is 83.5 cm³/mol. The third-order valence-electron chi connectivity index (χ3n) is 1.58. The molecule has 1 rings (SSSR count). The number of hydrogen-bond donors (Lipinski definition) is 2. The Balaban J connectivity index is 3.19. The molecule has 1 aromatic rings. The summed E-state index contributed by atoms with van der Waals surface area (Å²) in [5, 5.41) is 10.5. The highest BCUT2D eigenvalue weighted by atomic mass is 127. The van der Waals surface area contributed by atoms with E-state index in [2.05, 4.69) is 9.44 Å². The van der Waals surface area contributed by atoms with Gasteiger partial charge in [0.05, 0.1) is 16.3 Å². The Bertz CT molecular complexity index is 410. The van der Waals surface area contributed by atoms with E-state index in [1.165, 1.54) is 18.2 Å². The highest BCUT2D eigenvalue weighted by Gasteiger charge is 2.18. The first-order valence-electron chi connectivity index (χ1n) is 3.65. The highest BCUT2D eigenvalue weighted by Crippen LogP contribution is 2.34. The van der Waals surface area contributed by atoms with Crippen LogP contribution >= 0.6 is 60.6 Å². The van der Waals surface area contributed by atoms with Crippen molar-refractivity contribution in [3.63, 3.8) is 0 Å². The van der Waals surface area contributed by atoms with Gasteiger partial charge in [0, 0.05) is 72.8 Å². The number of anilines is 2. The van der Waals surface area contributed by atoms with Gasteiger partial charge in [-0.2, -0.15) is 4.39 Å². The zero-order chi connectivity index (χ0) is 12.1. The van der Waals surface area contributed by atoms with Crippen molar-refractivity contribution in [3.8, 4) is 0 Å². The van der Waals surface area contributed by atoms with Gasteiger partial charge in [0.2, 0.25) is 5.82 Å². The van der Waals surface area contributed by atoms with Gasteiger partial charge in [-0.1, -0.05) is 0 Å². The van der Waals surface area contributed by atoms with Crippen LogP contribution in [-0.2, 0) is 0 Å². The molecule has 0 amide bonds. The van der Waals surface area contributed by atoms with Gasteiger partial charge in [-0.05, 0) is 0 Å². The molecular weight excluding hydrogens is 483 g/mol. The fourth-order valence-electron chi connectivity index (χ4n) is 0.954. The first-order valence-corrected chi connectivity index (χ1v) is 10.4. The van der Waals surface area contributed by atoms with Gasteiger partial charge in [-0.15, -0.1) is 0 Å². The van der Waals surface area contributed by atoms with Crippen molar-refractivity contribution in [2.75, 3.05) is 9.44 Å². The van der Waals surface area contributed by atoms with E-state index in [1.54, 1.807) is 0 Å². The number of nitrogens with zero attached hydrogens (tertiary/aromatic N) is 1. The van der Waals surface area contributed by atoms with Crippen molar-refractivity contribution in [1.82, 2.24) is 0 Å². The Kier molecular flexibility index (Phi) is 6.20. The standard InChI is InChI=1S/C6H4FI2N3O2S2/c7-3-1-4(10-15-8)5(11-16-9)2-6(3)12(13)14/h1-2,10-11H. The zero-order valence-corrected chi connectivity index (χ0v) is 13.3. The molecule has 88 valence electrons. The summed E-state index contributed by atoms with van der Waals surface area (Å²) in [6.45, 7) is 0. The minimum Gasteiger partial charge on any atom is -0.319 e. The summed E-state index contributed by atoms with van der Waals surface area (Å²) in [5.74, 6) is -0.859. The Labute approximate surface area is 123 Å². The van der Waals surface area contributed by atoms with Crippen molar-refractivity contribution in [3.05, 3.63) is 28.1 Å². The molecule has 0 saturated heterocycles. The lowest BCUT2D eigenvalue weighted by Crippen LogP contribution is -1.97. The lowest BCUT2D eigenvalue weighted by molar-refractivity contribution is -0.387. The van der Waals surface area contributed by atoms with E-state index >= 15 is 0 Å². The van der Waals surface area contributed by atoms with Gasteiger partial charge in [0.25, 0.3) is 0 Å². The Morgan fingerprint density at radius 1 is 1.25 bits per heavy atom. The number of benzene rings is 1. The largest absolute Gasteiger partial charge is 0.319 e. The Morgan fingerprint density at radius 2 is 1.75 bits per heavy atom. The topological polar surface area (TPSA) is 67.2 Å². The number of nitro benzene ring substituents is 1. The summed E-state index contributed by atoms with van der Waals surface area (Å²) in [4.78, 5) is 9.80. The van der Waals surface area contributed by atoms with Crippen molar-refractivity contribution >= 4 is 77.7 Å². The lowest BCUT2D eigenvalue weighted by Gasteiger charge is -2.09. The molecule has 0 aliphatic carbocycles. The third-order valence-corrected chi connectivity index (χ3v) is 3.50. The summed E-state index contributed by atoms with van der Waals surface area (Å²) in [7, 11) is 2.49. The summed E-state index contributed by atoms with van der Waals surface area (Å²) in [6, 6.07) is 2.26. The Morgan fingerprint density at radius 3 is 2.19 bits per heavy atom. The van der Waals surface area contributed by atoms with Crippen molar-refractivity contribution < 1.29 is 9.31 Å². The molecule has 0 fully saturated rings. The predicted octanol–water partition coefficient (Wildman–Crippen LogP) is 4.55. The van der Waals surface area contributed by atoms with Crippen LogP contribution in [0.1, 0.15) is 0 Å². The molecule has 0 bridgehead atoms. The summed E-state index contributed by atoms with van der Waals surface area (Å²) in [6.07, 6.45) is 0. The molecule has 0 saturated carbocycles. The number of rotatable bonds is 5. The molecule has 16 heavy (non-hydrogen) atoms. The number of nitro groups is 1. The molecule has 0 spiro atoms. The Hall–Kier alpha value is 0.310. The summed E-state index contributed by atoms with van der Waals surface area (Å²) >= 11 is 3.96. The van der Waals surface area contributed by atoms with Crippen LogP contribution in [0, 0.1) is 15.9 Å². The van der Waals surface area contributed by atoms with E-state index in [1.807, 2.05) is 42.4 Å². The second kappa shape index (κ2) is 6.90. The molecule has 0 unspecified atom stereocenters. The molecule has 0 radical (unpaired) electrons. The fraction of sp³-hybridized carbons (Fsp3) is 0. The van der Waals surface area contributed by atoms with Crippen LogP contribution in [0.2, 0.25) is 0 Å². The molecular formula is C6H4FI2N3O2S2.